The van der Waals surface area contributed by atoms with Gasteiger partial charge in [0, 0.05) is 5.92 Å². The molecule has 0 bridgehead atoms. The lowest BCUT2D eigenvalue weighted by atomic mass is 9.73. The van der Waals surface area contributed by atoms with E-state index in [1.807, 2.05) is 66.7 Å². The van der Waals surface area contributed by atoms with Crippen LogP contribution >= 0.6 is 0 Å². The molecule has 1 N–H and O–H groups in total. The molecule has 1 heterocycles. The topological polar surface area (TPSA) is 89.6 Å². The highest BCUT2D eigenvalue weighted by Crippen LogP contribution is 2.45. The number of aromatic nitrogens is 1. The first-order valence-corrected chi connectivity index (χ1v) is 13.8. The number of phenols is 1. The number of esters is 1. The van der Waals surface area contributed by atoms with Crippen LogP contribution in [-0.4, -0.2) is 22.7 Å². The molecule has 7 heteroatoms. The summed E-state index contributed by atoms with van der Waals surface area (Å²) in [4.78, 5) is 31.9. The standard InChI is InChI=1S/C34H38FNO5/c1-9-40-31(38)28(29-32(39)41-26-16-19(2)10-15-25(26)36-29)27(20-11-13-22(35)14-12-20)21-17-23(33(3,4)5)30(37)24(18-21)34(6,7)8/h10-18,27-28,37H,9H2,1-8H3. The molecule has 0 spiro atoms. The van der Waals surface area contributed by atoms with E-state index >= 15 is 0 Å². The zero-order valence-electron chi connectivity index (χ0n) is 25.0. The Hall–Kier alpha value is -4.00. The molecule has 3 aromatic carbocycles. The summed E-state index contributed by atoms with van der Waals surface area (Å²) >= 11 is 0. The third kappa shape index (κ3) is 6.19. The van der Waals surface area contributed by atoms with E-state index in [1.54, 1.807) is 31.2 Å². The van der Waals surface area contributed by atoms with Crippen LogP contribution in [0.4, 0.5) is 4.39 Å². The van der Waals surface area contributed by atoms with Crippen molar-refractivity contribution in [3.63, 3.8) is 0 Å². The fourth-order valence-corrected chi connectivity index (χ4v) is 5.18. The first-order chi connectivity index (χ1) is 19.1. The summed E-state index contributed by atoms with van der Waals surface area (Å²) in [5.41, 5.74) is 2.49. The minimum atomic E-state index is -1.22. The lowest BCUT2D eigenvalue weighted by Crippen LogP contribution is -2.30. The first kappa shape index (κ1) is 30.0. The molecule has 2 atom stereocenters. The molecule has 4 rings (SSSR count). The predicted octanol–water partition coefficient (Wildman–Crippen LogP) is 7.41. The van der Waals surface area contributed by atoms with Crippen molar-refractivity contribution in [1.29, 1.82) is 0 Å². The Morgan fingerprint density at radius 1 is 0.951 bits per heavy atom. The number of aryl methyl sites for hydroxylation is 1. The van der Waals surface area contributed by atoms with Gasteiger partial charge in [-0.3, -0.25) is 4.79 Å². The molecule has 2 unspecified atom stereocenters. The van der Waals surface area contributed by atoms with Crippen molar-refractivity contribution in [2.24, 2.45) is 0 Å². The van der Waals surface area contributed by atoms with Crippen molar-refractivity contribution < 1.29 is 23.4 Å². The second-order valence-corrected chi connectivity index (χ2v) is 12.6. The van der Waals surface area contributed by atoms with Crippen LogP contribution in [0.2, 0.25) is 0 Å². The highest BCUT2D eigenvalue weighted by atomic mass is 19.1. The van der Waals surface area contributed by atoms with Crippen molar-refractivity contribution in [2.45, 2.75) is 78.1 Å². The molecule has 0 aliphatic rings. The minimum absolute atomic E-state index is 0.0830. The molecule has 6 nitrogen and oxygen atoms in total. The summed E-state index contributed by atoms with van der Waals surface area (Å²) in [6.07, 6.45) is 0. The molecular formula is C34H38FNO5. The number of rotatable bonds is 6. The average molecular weight is 560 g/mol. The molecule has 0 saturated heterocycles. The fourth-order valence-electron chi connectivity index (χ4n) is 5.18. The number of halogens is 1. The van der Waals surface area contributed by atoms with Crippen molar-refractivity contribution >= 4 is 17.1 Å². The average Bonchev–Trinajstić information content (AvgIpc) is 2.87. The Morgan fingerprint density at radius 2 is 1.54 bits per heavy atom. The predicted molar refractivity (Wildman–Crippen MR) is 158 cm³/mol. The van der Waals surface area contributed by atoms with E-state index in [0.717, 1.165) is 5.56 Å². The lowest BCUT2D eigenvalue weighted by molar-refractivity contribution is -0.145. The van der Waals surface area contributed by atoms with Crippen LogP contribution in [0.5, 0.6) is 5.75 Å². The van der Waals surface area contributed by atoms with Gasteiger partial charge < -0.3 is 14.3 Å². The van der Waals surface area contributed by atoms with Gasteiger partial charge in [0.25, 0.3) is 0 Å². The quantitative estimate of drug-likeness (QED) is 0.247. The van der Waals surface area contributed by atoms with Crippen LogP contribution in [0.25, 0.3) is 11.1 Å². The zero-order valence-corrected chi connectivity index (χ0v) is 25.0. The minimum Gasteiger partial charge on any atom is -0.507 e. The van der Waals surface area contributed by atoms with Gasteiger partial charge in [-0.1, -0.05) is 71.9 Å². The summed E-state index contributed by atoms with van der Waals surface area (Å²) in [5.74, 6) is -2.94. The second-order valence-electron chi connectivity index (χ2n) is 12.6. The van der Waals surface area contributed by atoms with Crippen LogP contribution in [-0.2, 0) is 20.4 Å². The van der Waals surface area contributed by atoms with Gasteiger partial charge in [0.1, 0.15) is 28.7 Å². The zero-order chi connectivity index (χ0) is 30.3. The maximum Gasteiger partial charge on any atom is 0.359 e. The highest BCUT2D eigenvalue weighted by molar-refractivity contribution is 5.81. The van der Waals surface area contributed by atoms with Crippen LogP contribution in [0.3, 0.4) is 0 Å². The van der Waals surface area contributed by atoms with Crippen molar-refractivity contribution in [1.82, 2.24) is 4.98 Å². The Balaban J connectivity index is 2.11. The van der Waals surface area contributed by atoms with Crippen LogP contribution in [0, 0.1) is 12.7 Å². The van der Waals surface area contributed by atoms with Gasteiger partial charge in [0.15, 0.2) is 5.58 Å². The van der Waals surface area contributed by atoms with Gasteiger partial charge in [-0.05, 0) is 76.8 Å². The fraction of sp³-hybridized carbons (Fsp3) is 0.382. The molecule has 216 valence electrons. The molecule has 0 fully saturated rings. The largest absolute Gasteiger partial charge is 0.507 e. The Kier molecular flexibility index (Phi) is 8.12. The maximum atomic E-state index is 14.1. The number of nitrogens with zero attached hydrogens (tertiary/aromatic N) is 1. The molecule has 1 aromatic heterocycles. The molecule has 41 heavy (non-hydrogen) atoms. The highest BCUT2D eigenvalue weighted by Gasteiger charge is 2.39. The van der Waals surface area contributed by atoms with Crippen LogP contribution in [0.15, 0.2) is 63.8 Å². The Bertz CT molecular complexity index is 1610. The number of carbonyl (C=O) groups is 1. The van der Waals surface area contributed by atoms with E-state index in [4.69, 9.17) is 9.15 Å². The van der Waals surface area contributed by atoms with Gasteiger partial charge >= 0.3 is 11.6 Å². The first-order valence-electron chi connectivity index (χ1n) is 13.8. The lowest BCUT2D eigenvalue weighted by Gasteiger charge is -2.32. The molecule has 0 saturated carbocycles. The number of aromatic hydroxyl groups is 1. The normalized spacial score (nSPS) is 13.7. The Labute approximate surface area is 240 Å². The number of carbonyl (C=O) groups excluding carboxylic acids is 1. The summed E-state index contributed by atoms with van der Waals surface area (Å²) in [6, 6.07) is 14.8. The van der Waals surface area contributed by atoms with E-state index < -0.39 is 40.1 Å². The number of hydrogen-bond donors (Lipinski definition) is 1. The van der Waals surface area contributed by atoms with E-state index in [-0.39, 0.29) is 18.1 Å². The third-order valence-electron chi connectivity index (χ3n) is 7.27. The third-order valence-corrected chi connectivity index (χ3v) is 7.27. The summed E-state index contributed by atoms with van der Waals surface area (Å²) in [7, 11) is 0. The Morgan fingerprint density at radius 3 is 2.07 bits per heavy atom. The second kappa shape index (κ2) is 11.1. The van der Waals surface area contributed by atoms with Gasteiger partial charge in [-0.15, -0.1) is 0 Å². The van der Waals surface area contributed by atoms with E-state index in [9.17, 15) is 19.1 Å². The van der Waals surface area contributed by atoms with Crippen molar-refractivity contribution in [2.75, 3.05) is 6.61 Å². The smallest absolute Gasteiger partial charge is 0.359 e. The number of fused-ring (bicyclic) bond motifs is 1. The van der Waals surface area contributed by atoms with Gasteiger partial charge in [0.2, 0.25) is 0 Å². The van der Waals surface area contributed by atoms with Crippen LogP contribution in [0.1, 0.15) is 93.8 Å². The molecule has 0 amide bonds. The molecule has 0 aliphatic heterocycles. The van der Waals surface area contributed by atoms with Gasteiger partial charge in [0.05, 0.1) is 6.61 Å². The van der Waals surface area contributed by atoms with Gasteiger partial charge in [-0.2, -0.15) is 0 Å². The molecular weight excluding hydrogens is 521 g/mol. The van der Waals surface area contributed by atoms with Gasteiger partial charge in [-0.25, -0.2) is 14.2 Å². The van der Waals surface area contributed by atoms with E-state index in [0.29, 0.717) is 33.4 Å². The number of benzene rings is 3. The van der Waals surface area contributed by atoms with E-state index in [1.165, 1.54) is 12.1 Å². The number of ether oxygens (including phenoxy) is 1. The van der Waals surface area contributed by atoms with Crippen molar-refractivity contribution in [3.05, 3.63) is 104 Å². The number of phenolic OH excluding ortho intramolecular Hbond substituents is 1. The summed E-state index contributed by atoms with van der Waals surface area (Å²) in [6.45, 7) is 15.6. The molecule has 0 radical (unpaired) electrons. The maximum absolute atomic E-state index is 14.1. The summed E-state index contributed by atoms with van der Waals surface area (Å²) < 4.78 is 25.3. The molecule has 4 aromatic rings. The monoisotopic (exact) mass is 559 g/mol. The van der Waals surface area contributed by atoms with Crippen molar-refractivity contribution in [3.8, 4) is 5.75 Å². The molecule has 0 aliphatic carbocycles. The van der Waals surface area contributed by atoms with Crippen LogP contribution < -0.4 is 5.63 Å². The van der Waals surface area contributed by atoms with E-state index in [2.05, 4.69) is 4.98 Å². The SMILES string of the molecule is CCOC(=O)C(c1nc2ccc(C)cc2oc1=O)C(c1ccc(F)cc1)c1cc(C(C)(C)C)c(O)c(C(C)(C)C)c1. The summed E-state index contributed by atoms with van der Waals surface area (Å²) in [5, 5.41) is 11.4. The number of hydrogen-bond acceptors (Lipinski definition) is 6.